The molecule has 2 aromatic carbocycles. The Hall–Kier alpha value is -4.03. The van der Waals surface area contributed by atoms with E-state index in [1.807, 2.05) is 14.1 Å². The normalized spacial score (nSPS) is 11.4. The SMILES string of the molecule is CN(C)CCNCCCOc1ccc(-c2nnc3c(n2)c(=O)n(C)c(=O)n3Cc2ccc(F)c(F)c2)cc1. The molecule has 2 heterocycles. The van der Waals surface area contributed by atoms with Crippen LogP contribution in [0.3, 0.4) is 0 Å². The maximum absolute atomic E-state index is 13.7. The first-order valence-corrected chi connectivity index (χ1v) is 12.1. The summed E-state index contributed by atoms with van der Waals surface area (Å²) in [4.78, 5) is 32.1. The van der Waals surface area contributed by atoms with Gasteiger partial charge in [-0.25, -0.2) is 18.6 Å². The summed E-state index contributed by atoms with van der Waals surface area (Å²) in [6.07, 6.45) is 0.864. The predicted molar refractivity (Wildman–Crippen MR) is 139 cm³/mol. The molecule has 0 aliphatic heterocycles. The zero-order valence-corrected chi connectivity index (χ0v) is 21.4. The number of hydrogen-bond donors (Lipinski definition) is 1. The average Bonchev–Trinajstić information content (AvgIpc) is 2.91. The molecule has 0 radical (unpaired) electrons. The molecule has 0 atom stereocenters. The molecule has 10 nitrogen and oxygen atoms in total. The fraction of sp³-hybridized carbons (Fsp3) is 0.346. The van der Waals surface area contributed by atoms with E-state index in [0.717, 1.165) is 47.3 Å². The number of halogens is 2. The maximum atomic E-state index is 13.7. The monoisotopic (exact) mass is 525 g/mol. The molecular weight excluding hydrogens is 496 g/mol. The van der Waals surface area contributed by atoms with E-state index in [2.05, 4.69) is 25.4 Å². The van der Waals surface area contributed by atoms with E-state index in [1.54, 1.807) is 24.3 Å². The Labute approximate surface area is 217 Å². The number of benzene rings is 2. The Balaban J connectivity index is 1.51. The van der Waals surface area contributed by atoms with Crippen LogP contribution < -0.4 is 21.3 Å². The van der Waals surface area contributed by atoms with Gasteiger partial charge < -0.3 is 15.0 Å². The van der Waals surface area contributed by atoms with E-state index in [0.29, 0.717) is 23.5 Å². The summed E-state index contributed by atoms with van der Waals surface area (Å²) >= 11 is 0. The van der Waals surface area contributed by atoms with Crippen molar-refractivity contribution in [3.05, 3.63) is 80.5 Å². The number of nitrogens with one attached hydrogen (secondary N) is 1. The van der Waals surface area contributed by atoms with Crippen LogP contribution in [0, 0.1) is 11.6 Å². The minimum Gasteiger partial charge on any atom is -0.494 e. The van der Waals surface area contributed by atoms with Crippen molar-refractivity contribution in [2.75, 3.05) is 40.3 Å². The Morgan fingerprint density at radius 1 is 1.00 bits per heavy atom. The molecule has 1 N–H and O–H groups in total. The van der Waals surface area contributed by atoms with Gasteiger partial charge in [-0.2, -0.15) is 0 Å². The molecule has 4 aromatic rings. The average molecular weight is 526 g/mol. The van der Waals surface area contributed by atoms with Gasteiger partial charge in [-0.3, -0.25) is 13.9 Å². The molecule has 0 unspecified atom stereocenters. The summed E-state index contributed by atoms with van der Waals surface area (Å²) in [6.45, 7) is 3.18. The van der Waals surface area contributed by atoms with E-state index < -0.39 is 22.9 Å². The van der Waals surface area contributed by atoms with E-state index in [9.17, 15) is 18.4 Å². The van der Waals surface area contributed by atoms with Crippen LogP contribution in [0.5, 0.6) is 5.75 Å². The van der Waals surface area contributed by atoms with Crippen LogP contribution in [0.2, 0.25) is 0 Å². The molecule has 200 valence electrons. The van der Waals surface area contributed by atoms with Gasteiger partial charge in [0.1, 0.15) is 5.75 Å². The molecule has 0 aliphatic rings. The van der Waals surface area contributed by atoms with Crippen LogP contribution in [0.15, 0.2) is 52.1 Å². The van der Waals surface area contributed by atoms with Gasteiger partial charge in [0.05, 0.1) is 13.2 Å². The van der Waals surface area contributed by atoms with E-state index in [1.165, 1.54) is 13.1 Å². The molecular formula is C26H29F2N7O3. The molecule has 4 rings (SSSR count). The molecule has 0 amide bonds. The first kappa shape index (κ1) is 27.0. The highest BCUT2D eigenvalue weighted by Gasteiger charge is 2.17. The topological polar surface area (TPSA) is 107 Å². The smallest absolute Gasteiger partial charge is 0.332 e. The molecule has 0 spiro atoms. The Morgan fingerprint density at radius 3 is 2.47 bits per heavy atom. The van der Waals surface area contributed by atoms with Crippen LogP contribution in [-0.2, 0) is 13.6 Å². The summed E-state index contributed by atoms with van der Waals surface area (Å²) in [5.41, 5.74) is -0.505. The number of likely N-dealkylation sites (N-methyl/N-ethyl adjacent to an activating group) is 1. The largest absolute Gasteiger partial charge is 0.494 e. The highest BCUT2D eigenvalue weighted by Crippen LogP contribution is 2.20. The Kier molecular flexibility index (Phi) is 8.54. The molecule has 0 aliphatic carbocycles. The number of nitrogens with zero attached hydrogens (tertiary/aromatic N) is 6. The summed E-state index contributed by atoms with van der Waals surface area (Å²) in [6, 6.07) is 10.4. The zero-order valence-electron chi connectivity index (χ0n) is 21.4. The molecule has 0 bridgehead atoms. The lowest BCUT2D eigenvalue weighted by molar-refractivity contribution is 0.306. The zero-order chi connectivity index (χ0) is 27.2. The van der Waals surface area contributed by atoms with Crippen molar-refractivity contribution in [3.8, 4) is 17.1 Å². The maximum Gasteiger partial charge on any atom is 0.332 e. The lowest BCUT2D eigenvalue weighted by Gasteiger charge is -2.12. The van der Waals surface area contributed by atoms with E-state index in [-0.39, 0.29) is 23.5 Å². The van der Waals surface area contributed by atoms with Crippen LogP contribution >= 0.6 is 0 Å². The number of fused-ring (bicyclic) bond motifs is 1. The third-order valence-electron chi connectivity index (χ3n) is 5.89. The number of aromatic nitrogens is 5. The standard InChI is InChI=1S/C26H29F2N7O3/c1-33(2)13-12-29-11-4-14-38-19-8-6-18(7-9-19)23-30-22-24(32-31-23)35(26(37)34(3)25(22)36)16-17-5-10-20(27)21(28)15-17/h5-10,15,29H,4,11-14,16H2,1-3H3. The fourth-order valence-corrected chi connectivity index (χ4v) is 3.76. The van der Waals surface area contributed by atoms with Gasteiger partial charge >= 0.3 is 5.69 Å². The minimum atomic E-state index is -1.04. The summed E-state index contributed by atoms with van der Waals surface area (Å²) < 4.78 is 34.8. The summed E-state index contributed by atoms with van der Waals surface area (Å²) in [7, 11) is 5.38. The molecule has 12 heteroatoms. The lowest BCUT2D eigenvalue weighted by atomic mass is 10.2. The molecule has 0 saturated carbocycles. The number of ether oxygens (including phenoxy) is 1. The van der Waals surface area contributed by atoms with Gasteiger partial charge in [-0.15, -0.1) is 10.2 Å². The first-order chi connectivity index (χ1) is 18.2. The van der Waals surface area contributed by atoms with Gasteiger partial charge in [0, 0.05) is 25.7 Å². The van der Waals surface area contributed by atoms with Crippen molar-refractivity contribution < 1.29 is 13.5 Å². The molecule has 38 heavy (non-hydrogen) atoms. The first-order valence-electron chi connectivity index (χ1n) is 12.1. The number of rotatable bonds is 11. The minimum absolute atomic E-state index is 0.0503. The molecule has 2 aromatic heterocycles. The third kappa shape index (κ3) is 6.26. The Bertz CT molecular complexity index is 1540. The van der Waals surface area contributed by atoms with Crippen LogP contribution in [-0.4, -0.2) is 69.6 Å². The van der Waals surface area contributed by atoms with Gasteiger partial charge in [-0.05, 0) is 69.0 Å². The second-order valence-corrected chi connectivity index (χ2v) is 9.07. The van der Waals surface area contributed by atoms with Crippen LogP contribution in [0.25, 0.3) is 22.6 Å². The highest BCUT2D eigenvalue weighted by molar-refractivity contribution is 5.71. The van der Waals surface area contributed by atoms with E-state index in [4.69, 9.17) is 4.74 Å². The van der Waals surface area contributed by atoms with Crippen LogP contribution in [0.1, 0.15) is 12.0 Å². The van der Waals surface area contributed by atoms with Gasteiger partial charge in [0.15, 0.2) is 28.6 Å². The van der Waals surface area contributed by atoms with Crippen molar-refractivity contribution in [1.29, 1.82) is 0 Å². The van der Waals surface area contributed by atoms with Crippen LogP contribution in [0.4, 0.5) is 8.78 Å². The number of hydrogen-bond acceptors (Lipinski definition) is 8. The summed E-state index contributed by atoms with van der Waals surface area (Å²) in [5, 5.41) is 11.6. The van der Waals surface area contributed by atoms with Crippen molar-refractivity contribution in [2.45, 2.75) is 13.0 Å². The second kappa shape index (κ2) is 12.0. The predicted octanol–water partition coefficient (Wildman–Crippen LogP) is 1.80. The van der Waals surface area contributed by atoms with Crippen molar-refractivity contribution in [1.82, 2.24) is 34.5 Å². The lowest BCUT2D eigenvalue weighted by Crippen LogP contribution is -2.39. The Morgan fingerprint density at radius 2 is 1.76 bits per heavy atom. The molecule has 0 saturated heterocycles. The van der Waals surface area contributed by atoms with Crippen molar-refractivity contribution >= 4 is 11.2 Å². The van der Waals surface area contributed by atoms with Crippen molar-refractivity contribution in [2.24, 2.45) is 7.05 Å². The second-order valence-electron chi connectivity index (χ2n) is 9.07. The fourth-order valence-electron chi connectivity index (χ4n) is 3.76. The summed E-state index contributed by atoms with van der Waals surface area (Å²) in [5.74, 6) is -1.15. The molecule has 0 fully saturated rings. The highest BCUT2D eigenvalue weighted by atomic mass is 19.2. The van der Waals surface area contributed by atoms with Gasteiger partial charge in [-0.1, -0.05) is 6.07 Å². The van der Waals surface area contributed by atoms with Gasteiger partial charge in [0.25, 0.3) is 5.56 Å². The quantitative estimate of drug-likeness (QED) is 0.296. The third-order valence-corrected chi connectivity index (χ3v) is 5.89. The van der Waals surface area contributed by atoms with Crippen molar-refractivity contribution in [3.63, 3.8) is 0 Å². The van der Waals surface area contributed by atoms with Gasteiger partial charge in [0.2, 0.25) is 0 Å². The van der Waals surface area contributed by atoms with E-state index >= 15 is 0 Å².